The Morgan fingerprint density at radius 1 is 0.767 bits per heavy atom. The average molecular weight is 393 g/mol. The van der Waals surface area contributed by atoms with Gasteiger partial charge in [0.05, 0.1) is 11.6 Å². The van der Waals surface area contributed by atoms with Gasteiger partial charge in [0.15, 0.2) is 0 Å². The maximum Gasteiger partial charge on any atom is 0.256 e. The molecule has 1 aliphatic carbocycles. The summed E-state index contributed by atoms with van der Waals surface area (Å²) in [5, 5.41) is 3.28. The number of hydrogen-bond acceptors (Lipinski definition) is 2. The van der Waals surface area contributed by atoms with Crippen LogP contribution in [0.25, 0.3) is 22.3 Å². The Morgan fingerprint density at radius 2 is 1.33 bits per heavy atom. The fraction of sp³-hybridized carbons (Fsp3) is 0.148. The van der Waals surface area contributed by atoms with Gasteiger partial charge in [-0.15, -0.1) is 0 Å². The number of carbonyl (C=O) groups is 1. The number of rotatable bonds is 3. The molecule has 5 rings (SSSR count). The molecule has 1 amide bonds. The van der Waals surface area contributed by atoms with Gasteiger partial charge < -0.3 is 9.73 Å². The predicted molar refractivity (Wildman–Crippen MR) is 120 cm³/mol. The number of carbonyl (C=O) groups excluding carboxylic acids is 1. The fourth-order valence-electron chi connectivity index (χ4n) is 4.54. The summed E-state index contributed by atoms with van der Waals surface area (Å²) < 4.78 is 5.89. The van der Waals surface area contributed by atoms with Crippen molar-refractivity contribution in [2.24, 2.45) is 0 Å². The van der Waals surface area contributed by atoms with Crippen LogP contribution in [0, 0.1) is 20.8 Å². The van der Waals surface area contributed by atoms with Gasteiger partial charge in [0.25, 0.3) is 5.91 Å². The van der Waals surface area contributed by atoms with Crippen molar-refractivity contribution in [3.63, 3.8) is 0 Å². The van der Waals surface area contributed by atoms with Crippen LogP contribution in [-0.4, -0.2) is 5.91 Å². The molecule has 0 spiro atoms. The lowest BCUT2D eigenvalue weighted by Crippen LogP contribution is -2.28. The highest BCUT2D eigenvalue weighted by molar-refractivity contribution is 6.03. The van der Waals surface area contributed by atoms with Crippen molar-refractivity contribution >= 4 is 5.91 Å². The topological polar surface area (TPSA) is 42.2 Å². The van der Waals surface area contributed by atoms with Crippen LogP contribution in [-0.2, 0) is 0 Å². The van der Waals surface area contributed by atoms with Gasteiger partial charge >= 0.3 is 0 Å². The van der Waals surface area contributed by atoms with E-state index in [-0.39, 0.29) is 11.9 Å². The van der Waals surface area contributed by atoms with Crippen LogP contribution < -0.4 is 5.32 Å². The van der Waals surface area contributed by atoms with Crippen LogP contribution >= 0.6 is 0 Å². The van der Waals surface area contributed by atoms with E-state index in [2.05, 4.69) is 48.6 Å². The standard InChI is InChI=1S/C27H23NO2/c1-16-12-14-19(15-13-16)24-17(2)30-18(3)25(24)27(29)28-26-22-10-6-4-8-20(22)21-9-5-7-11-23(21)26/h4-15,26H,1-3H3,(H,28,29). The van der Waals surface area contributed by atoms with Gasteiger partial charge in [-0.05, 0) is 48.6 Å². The number of furan rings is 1. The number of nitrogens with one attached hydrogen (secondary N) is 1. The quantitative estimate of drug-likeness (QED) is 0.439. The Hall–Kier alpha value is -3.59. The minimum absolute atomic E-state index is 0.114. The van der Waals surface area contributed by atoms with E-state index in [4.69, 9.17) is 4.42 Å². The van der Waals surface area contributed by atoms with Crippen molar-refractivity contribution in [2.45, 2.75) is 26.8 Å². The molecule has 4 aromatic rings. The van der Waals surface area contributed by atoms with Crippen LogP contribution in [0.1, 0.15) is 44.6 Å². The zero-order chi connectivity index (χ0) is 20.8. The first kappa shape index (κ1) is 18.4. The van der Waals surface area contributed by atoms with E-state index in [1.54, 1.807) is 0 Å². The molecule has 3 aromatic carbocycles. The fourth-order valence-corrected chi connectivity index (χ4v) is 4.54. The largest absolute Gasteiger partial charge is 0.465 e. The van der Waals surface area contributed by atoms with E-state index in [1.807, 2.05) is 50.2 Å². The third-order valence-electron chi connectivity index (χ3n) is 5.94. The summed E-state index contributed by atoms with van der Waals surface area (Å²) in [6, 6.07) is 24.6. The maximum atomic E-state index is 13.5. The molecule has 0 fully saturated rings. The van der Waals surface area contributed by atoms with Crippen LogP contribution in [0.2, 0.25) is 0 Å². The molecule has 1 aromatic heterocycles. The number of benzene rings is 3. The lowest BCUT2D eigenvalue weighted by atomic mass is 9.98. The number of aryl methyl sites for hydroxylation is 3. The third-order valence-corrected chi connectivity index (χ3v) is 5.94. The highest BCUT2D eigenvalue weighted by Gasteiger charge is 2.31. The van der Waals surface area contributed by atoms with Gasteiger partial charge in [0.1, 0.15) is 11.5 Å². The minimum Gasteiger partial charge on any atom is -0.465 e. The second-order valence-electron chi connectivity index (χ2n) is 7.91. The molecule has 1 heterocycles. The van der Waals surface area contributed by atoms with Crippen molar-refractivity contribution in [3.05, 3.63) is 107 Å². The summed E-state index contributed by atoms with van der Waals surface area (Å²) in [6.45, 7) is 5.83. The number of amides is 1. The zero-order valence-electron chi connectivity index (χ0n) is 17.3. The molecule has 1 aliphatic rings. The van der Waals surface area contributed by atoms with E-state index in [0.717, 1.165) is 28.0 Å². The van der Waals surface area contributed by atoms with E-state index < -0.39 is 0 Å². The van der Waals surface area contributed by atoms with Crippen LogP contribution in [0.3, 0.4) is 0 Å². The van der Waals surface area contributed by atoms with Gasteiger partial charge in [0, 0.05) is 5.56 Å². The van der Waals surface area contributed by atoms with E-state index in [1.165, 1.54) is 16.7 Å². The molecule has 0 saturated heterocycles. The molecule has 148 valence electrons. The van der Waals surface area contributed by atoms with Gasteiger partial charge in [-0.2, -0.15) is 0 Å². The van der Waals surface area contributed by atoms with Crippen LogP contribution in [0.4, 0.5) is 0 Å². The monoisotopic (exact) mass is 393 g/mol. The van der Waals surface area contributed by atoms with Gasteiger partial charge in [0.2, 0.25) is 0 Å². The smallest absolute Gasteiger partial charge is 0.256 e. The van der Waals surface area contributed by atoms with Crippen molar-refractivity contribution in [2.75, 3.05) is 0 Å². The second-order valence-corrected chi connectivity index (χ2v) is 7.91. The molecule has 30 heavy (non-hydrogen) atoms. The van der Waals surface area contributed by atoms with E-state index in [9.17, 15) is 4.79 Å². The molecule has 0 bridgehead atoms. The summed E-state index contributed by atoms with van der Waals surface area (Å²) in [7, 11) is 0. The Labute approximate surface area is 176 Å². The predicted octanol–water partition coefficient (Wildman–Crippen LogP) is 6.37. The Bertz CT molecular complexity index is 1220. The summed E-state index contributed by atoms with van der Waals surface area (Å²) >= 11 is 0. The summed E-state index contributed by atoms with van der Waals surface area (Å²) in [5.41, 5.74) is 8.26. The summed E-state index contributed by atoms with van der Waals surface area (Å²) in [4.78, 5) is 13.5. The normalized spacial score (nSPS) is 12.5. The first-order chi connectivity index (χ1) is 14.5. The Morgan fingerprint density at radius 3 is 1.93 bits per heavy atom. The maximum absolute atomic E-state index is 13.5. The minimum atomic E-state index is -0.176. The molecule has 1 N–H and O–H groups in total. The lowest BCUT2D eigenvalue weighted by Gasteiger charge is -2.16. The third kappa shape index (κ3) is 2.86. The van der Waals surface area contributed by atoms with Crippen LogP contribution in [0.15, 0.2) is 77.2 Å². The van der Waals surface area contributed by atoms with Crippen molar-refractivity contribution in [1.82, 2.24) is 5.32 Å². The van der Waals surface area contributed by atoms with Crippen LogP contribution in [0.5, 0.6) is 0 Å². The number of fused-ring (bicyclic) bond motifs is 3. The average Bonchev–Trinajstić information content (AvgIpc) is 3.23. The molecule has 0 saturated carbocycles. The van der Waals surface area contributed by atoms with E-state index in [0.29, 0.717) is 11.3 Å². The molecule has 0 unspecified atom stereocenters. The van der Waals surface area contributed by atoms with Crippen molar-refractivity contribution in [1.29, 1.82) is 0 Å². The van der Waals surface area contributed by atoms with Gasteiger partial charge in [-0.3, -0.25) is 4.79 Å². The van der Waals surface area contributed by atoms with Crippen molar-refractivity contribution in [3.8, 4) is 22.3 Å². The second kappa shape index (κ2) is 7.03. The lowest BCUT2D eigenvalue weighted by molar-refractivity contribution is 0.0942. The molecule has 0 radical (unpaired) electrons. The molecular weight excluding hydrogens is 370 g/mol. The highest BCUT2D eigenvalue weighted by atomic mass is 16.3. The van der Waals surface area contributed by atoms with Crippen molar-refractivity contribution < 1.29 is 9.21 Å². The molecule has 0 atom stereocenters. The highest BCUT2D eigenvalue weighted by Crippen LogP contribution is 2.43. The summed E-state index contributed by atoms with van der Waals surface area (Å²) in [5.74, 6) is 1.28. The Kier molecular flexibility index (Phi) is 4.32. The van der Waals surface area contributed by atoms with Gasteiger partial charge in [-0.1, -0.05) is 78.4 Å². The van der Waals surface area contributed by atoms with E-state index >= 15 is 0 Å². The SMILES string of the molecule is Cc1ccc(-c2c(C)oc(C)c2C(=O)NC2c3ccccc3-c3ccccc32)cc1. The summed E-state index contributed by atoms with van der Waals surface area (Å²) in [6.07, 6.45) is 0. The van der Waals surface area contributed by atoms with Gasteiger partial charge in [-0.25, -0.2) is 0 Å². The first-order valence-electron chi connectivity index (χ1n) is 10.2. The zero-order valence-corrected chi connectivity index (χ0v) is 17.3. The number of hydrogen-bond donors (Lipinski definition) is 1. The molecule has 3 heteroatoms. The molecule has 0 aliphatic heterocycles. The molecule has 3 nitrogen and oxygen atoms in total. The Balaban J connectivity index is 1.57. The first-order valence-corrected chi connectivity index (χ1v) is 10.2. The molecular formula is C27H23NO2.